The van der Waals surface area contributed by atoms with Gasteiger partial charge in [-0.1, -0.05) is 29.5 Å². The first-order valence-corrected chi connectivity index (χ1v) is 6.69. The monoisotopic (exact) mass is 309 g/mol. The van der Waals surface area contributed by atoms with Crippen molar-refractivity contribution in [2.75, 3.05) is 6.61 Å². The number of ether oxygens (including phenoxy) is 1. The molecule has 112 valence electrons. The van der Waals surface area contributed by atoms with Crippen molar-refractivity contribution < 1.29 is 9.53 Å². The van der Waals surface area contributed by atoms with Gasteiger partial charge in [-0.25, -0.2) is 9.48 Å². The van der Waals surface area contributed by atoms with E-state index in [-0.39, 0.29) is 12.3 Å². The number of hydrogen-bond acceptors (Lipinski definition) is 5. The maximum absolute atomic E-state index is 11.8. The summed E-state index contributed by atoms with van der Waals surface area (Å²) in [6.07, 6.45) is 1.50. The maximum Gasteiger partial charge on any atom is 0.361 e. The summed E-state index contributed by atoms with van der Waals surface area (Å²) >= 11 is 6.19. The van der Waals surface area contributed by atoms with Crippen molar-refractivity contribution in [1.29, 1.82) is 0 Å². The van der Waals surface area contributed by atoms with Crippen LogP contribution in [-0.4, -0.2) is 37.4 Å². The zero-order chi connectivity index (χ0) is 15.6. The first-order valence-electron chi connectivity index (χ1n) is 6.31. The minimum Gasteiger partial charge on any atom is -0.457 e. The zero-order valence-electron chi connectivity index (χ0n) is 12.1. The van der Waals surface area contributed by atoms with Crippen LogP contribution in [0.15, 0.2) is 12.7 Å². The Hall–Kier alpha value is -2.15. The van der Waals surface area contributed by atoms with Crippen molar-refractivity contribution in [2.24, 2.45) is 7.05 Å². The standard InChI is InChI=1S/C13H16ClN5O2/c1-5-6-21-13(20)11-9(3)19(17-15-11)7-10-8(2)16-18(4)12(10)14/h5H,1,6-7H2,2-4H3. The molecular formula is C13H16ClN5O2. The van der Waals surface area contributed by atoms with Gasteiger partial charge in [0.05, 0.1) is 17.9 Å². The quantitative estimate of drug-likeness (QED) is 0.620. The summed E-state index contributed by atoms with van der Waals surface area (Å²) in [4.78, 5) is 11.8. The predicted molar refractivity (Wildman–Crippen MR) is 77.3 cm³/mol. The van der Waals surface area contributed by atoms with E-state index >= 15 is 0 Å². The maximum atomic E-state index is 11.8. The highest BCUT2D eigenvalue weighted by molar-refractivity contribution is 6.30. The lowest BCUT2D eigenvalue weighted by atomic mass is 10.2. The van der Waals surface area contributed by atoms with Gasteiger partial charge in [-0.2, -0.15) is 5.10 Å². The van der Waals surface area contributed by atoms with Crippen LogP contribution in [-0.2, 0) is 18.3 Å². The molecule has 0 N–H and O–H groups in total. The molecule has 21 heavy (non-hydrogen) atoms. The molecule has 0 unspecified atom stereocenters. The molecule has 0 aromatic carbocycles. The summed E-state index contributed by atoms with van der Waals surface area (Å²) in [6.45, 7) is 7.64. The van der Waals surface area contributed by atoms with Crippen LogP contribution in [0.5, 0.6) is 0 Å². The van der Waals surface area contributed by atoms with Gasteiger partial charge in [0.2, 0.25) is 0 Å². The first kappa shape index (κ1) is 15.2. The fourth-order valence-electron chi connectivity index (χ4n) is 1.91. The van der Waals surface area contributed by atoms with Gasteiger partial charge in [0.25, 0.3) is 0 Å². The zero-order valence-corrected chi connectivity index (χ0v) is 12.9. The number of aryl methyl sites for hydroxylation is 2. The molecule has 0 atom stereocenters. The second-order valence-corrected chi connectivity index (χ2v) is 4.90. The van der Waals surface area contributed by atoms with Crippen LogP contribution in [0.2, 0.25) is 5.15 Å². The smallest absolute Gasteiger partial charge is 0.361 e. The number of nitrogens with zero attached hydrogens (tertiary/aromatic N) is 5. The van der Waals surface area contributed by atoms with Gasteiger partial charge in [-0.3, -0.25) is 4.68 Å². The number of carbonyl (C=O) groups excluding carboxylic acids is 1. The Bertz CT molecular complexity index is 689. The predicted octanol–water partition coefficient (Wildman–Crippen LogP) is 1.67. The van der Waals surface area contributed by atoms with Crippen molar-refractivity contribution in [3.8, 4) is 0 Å². The van der Waals surface area contributed by atoms with Gasteiger partial charge in [-0.15, -0.1) is 5.10 Å². The van der Waals surface area contributed by atoms with E-state index in [1.807, 2.05) is 6.92 Å². The van der Waals surface area contributed by atoms with Crippen LogP contribution in [0.25, 0.3) is 0 Å². The molecule has 7 nitrogen and oxygen atoms in total. The molecule has 0 fully saturated rings. The molecular weight excluding hydrogens is 294 g/mol. The number of rotatable bonds is 5. The Morgan fingerprint density at radius 1 is 1.48 bits per heavy atom. The van der Waals surface area contributed by atoms with Crippen LogP contribution in [0.3, 0.4) is 0 Å². The summed E-state index contributed by atoms with van der Waals surface area (Å²) in [5, 5.41) is 12.6. The lowest BCUT2D eigenvalue weighted by Gasteiger charge is -2.04. The number of esters is 1. The largest absolute Gasteiger partial charge is 0.457 e. The molecule has 0 saturated carbocycles. The number of halogens is 1. The summed E-state index contributed by atoms with van der Waals surface area (Å²) in [5.41, 5.74) is 2.46. The fraction of sp³-hybridized carbons (Fsp3) is 0.385. The Labute approximate surface area is 127 Å². The number of hydrogen-bond donors (Lipinski definition) is 0. The van der Waals surface area contributed by atoms with Gasteiger partial charge < -0.3 is 4.74 Å². The fourth-order valence-corrected chi connectivity index (χ4v) is 2.14. The molecule has 0 spiro atoms. The molecule has 0 amide bonds. The minimum absolute atomic E-state index is 0.138. The SMILES string of the molecule is C=CCOC(=O)c1nnn(Cc2c(C)nn(C)c2Cl)c1C. The second-order valence-electron chi connectivity index (χ2n) is 4.55. The first-order chi connectivity index (χ1) is 9.95. The van der Waals surface area contributed by atoms with Crippen molar-refractivity contribution in [3.63, 3.8) is 0 Å². The Kier molecular flexibility index (Phi) is 4.42. The average Bonchev–Trinajstić information content (AvgIpc) is 2.92. The van der Waals surface area contributed by atoms with E-state index in [0.29, 0.717) is 17.4 Å². The molecule has 2 heterocycles. The van der Waals surface area contributed by atoms with Gasteiger partial charge in [0, 0.05) is 12.6 Å². The molecule has 0 aliphatic carbocycles. The van der Waals surface area contributed by atoms with E-state index in [2.05, 4.69) is 22.0 Å². The van der Waals surface area contributed by atoms with Gasteiger partial charge >= 0.3 is 5.97 Å². The van der Waals surface area contributed by atoms with E-state index in [9.17, 15) is 4.79 Å². The van der Waals surface area contributed by atoms with Crippen LogP contribution in [0.4, 0.5) is 0 Å². The third-order valence-electron chi connectivity index (χ3n) is 3.09. The van der Waals surface area contributed by atoms with E-state index in [1.54, 1.807) is 23.3 Å². The summed E-state index contributed by atoms with van der Waals surface area (Å²) in [5.74, 6) is -0.521. The molecule has 0 bridgehead atoms. The third kappa shape index (κ3) is 2.97. The summed E-state index contributed by atoms with van der Waals surface area (Å²) < 4.78 is 8.15. The number of carbonyl (C=O) groups is 1. The van der Waals surface area contributed by atoms with Gasteiger partial charge in [0.15, 0.2) is 5.69 Å². The molecule has 2 rings (SSSR count). The van der Waals surface area contributed by atoms with Gasteiger partial charge in [0.1, 0.15) is 11.8 Å². The lowest BCUT2D eigenvalue weighted by molar-refractivity contribution is 0.0542. The molecule has 0 radical (unpaired) electrons. The van der Waals surface area contributed by atoms with Crippen LogP contribution < -0.4 is 0 Å². The third-order valence-corrected chi connectivity index (χ3v) is 3.56. The highest BCUT2D eigenvalue weighted by Crippen LogP contribution is 2.20. The van der Waals surface area contributed by atoms with Crippen molar-refractivity contribution in [2.45, 2.75) is 20.4 Å². The van der Waals surface area contributed by atoms with E-state index < -0.39 is 5.97 Å². The van der Waals surface area contributed by atoms with Crippen LogP contribution in [0, 0.1) is 13.8 Å². The molecule has 8 heteroatoms. The van der Waals surface area contributed by atoms with Gasteiger partial charge in [-0.05, 0) is 13.8 Å². The van der Waals surface area contributed by atoms with E-state index in [4.69, 9.17) is 16.3 Å². The Morgan fingerprint density at radius 2 is 2.19 bits per heavy atom. The van der Waals surface area contributed by atoms with Crippen LogP contribution in [0.1, 0.15) is 27.4 Å². The van der Waals surface area contributed by atoms with Crippen LogP contribution >= 0.6 is 11.6 Å². The highest BCUT2D eigenvalue weighted by atomic mass is 35.5. The van der Waals surface area contributed by atoms with E-state index in [0.717, 1.165) is 11.3 Å². The Morgan fingerprint density at radius 3 is 2.76 bits per heavy atom. The topological polar surface area (TPSA) is 74.8 Å². The Balaban J connectivity index is 2.24. The van der Waals surface area contributed by atoms with Crippen molar-refractivity contribution in [3.05, 3.63) is 40.5 Å². The minimum atomic E-state index is -0.521. The molecule has 0 saturated heterocycles. The number of aromatic nitrogens is 5. The average molecular weight is 310 g/mol. The highest BCUT2D eigenvalue weighted by Gasteiger charge is 2.19. The summed E-state index contributed by atoms with van der Waals surface area (Å²) in [7, 11) is 1.77. The summed E-state index contributed by atoms with van der Waals surface area (Å²) in [6, 6.07) is 0. The normalized spacial score (nSPS) is 10.7. The molecule has 2 aromatic rings. The second kappa shape index (κ2) is 6.09. The van der Waals surface area contributed by atoms with Crippen molar-refractivity contribution in [1.82, 2.24) is 24.8 Å². The van der Waals surface area contributed by atoms with Crippen molar-refractivity contribution >= 4 is 17.6 Å². The molecule has 2 aromatic heterocycles. The lowest BCUT2D eigenvalue weighted by Crippen LogP contribution is -2.09. The molecule has 0 aliphatic rings. The van der Waals surface area contributed by atoms with E-state index in [1.165, 1.54) is 6.08 Å². The molecule has 0 aliphatic heterocycles.